The monoisotopic (exact) mass is 194 g/mol. The van der Waals surface area contributed by atoms with Gasteiger partial charge in [0.1, 0.15) is 5.67 Å². The molecule has 0 aromatic rings. The number of hydrogen-bond donors (Lipinski definition) is 1. The molecule has 0 rings (SSSR count). The van der Waals surface area contributed by atoms with Gasteiger partial charge in [0.2, 0.25) is 0 Å². The maximum Gasteiger partial charge on any atom is 0.316 e. The molecule has 0 fully saturated rings. The zero-order chi connectivity index (χ0) is 9.78. The van der Waals surface area contributed by atoms with E-state index in [0.29, 0.717) is 12.2 Å². The summed E-state index contributed by atoms with van der Waals surface area (Å²) in [5.74, 6) is -0.284. The van der Waals surface area contributed by atoms with Crippen molar-refractivity contribution in [1.29, 1.82) is 0 Å². The maximum absolute atomic E-state index is 12.9. The van der Waals surface area contributed by atoms with Crippen LogP contribution in [0.1, 0.15) is 27.2 Å². The summed E-state index contributed by atoms with van der Waals surface area (Å²) in [5.41, 5.74) is -1.19. The Bertz CT molecular complexity index is 154. The van der Waals surface area contributed by atoms with Crippen LogP contribution in [0.15, 0.2) is 0 Å². The van der Waals surface area contributed by atoms with Gasteiger partial charge in [-0.05, 0) is 32.9 Å². The molecule has 72 valence electrons. The molecular formula is C8H15FO2S. The highest BCUT2D eigenvalue weighted by molar-refractivity contribution is 8.00. The number of carboxylic acids is 1. The van der Waals surface area contributed by atoms with Gasteiger partial charge in [-0.3, -0.25) is 4.79 Å². The zero-order valence-corrected chi connectivity index (χ0v) is 8.45. The molecule has 12 heavy (non-hydrogen) atoms. The lowest BCUT2D eigenvalue weighted by molar-refractivity contribution is -0.136. The van der Waals surface area contributed by atoms with Crippen molar-refractivity contribution < 1.29 is 14.3 Å². The lowest BCUT2D eigenvalue weighted by Gasteiger charge is -2.13. The van der Waals surface area contributed by atoms with E-state index in [9.17, 15) is 9.18 Å². The van der Waals surface area contributed by atoms with Crippen LogP contribution < -0.4 is 0 Å². The predicted octanol–water partition coefficient (Wildman–Crippen LogP) is 2.33. The van der Waals surface area contributed by atoms with Gasteiger partial charge in [-0.25, -0.2) is 4.39 Å². The molecular weight excluding hydrogens is 179 g/mol. The van der Waals surface area contributed by atoms with Crippen molar-refractivity contribution in [1.82, 2.24) is 0 Å². The first-order valence-corrected chi connectivity index (χ1v) is 4.91. The summed E-state index contributed by atoms with van der Waals surface area (Å²) < 4.78 is 12.9. The first kappa shape index (κ1) is 11.8. The number of carboxylic acid groups (broad SMARTS) is 1. The number of rotatable bonds is 5. The van der Waals surface area contributed by atoms with E-state index < -0.39 is 16.9 Å². The minimum atomic E-state index is -1.19. The molecule has 0 radical (unpaired) electrons. The van der Waals surface area contributed by atoms with Gasteiger partial charge in [0.25, 0.3) is 0 Å². The van der Waals surface area contributed by atoms with Crippen LogP contribution in [0.2, 0.25) is 0 Å². The van der Waals surface area contributed by atoms with E-state index in [4.69, 9.17) is 5.11 Å². The van der Waals surface area contributed by atoms with E-state index in [1.54, 1.807) is 6.92 Å². The fourth-order valence-corrected chi connectivity index (χ4v) is 1.65. The van der Waals surface area contributed by atoms with Crippen molar-refractivity contribution >= 4 is 17.7 Å². The average Bonchev–Trinajstić information content (AvgIpc) is 1.84. The number of carbonyl (C=O) groups is 1. The molecule has 0 saturated heterocycles. The average molecular weight is 194 g/mol. The SMILES string of the molecule is CC(SCCC(C)(C)F)C(=O)O. The van der Waals surface area contributed by atoms with E-state index in [0.717, 1.165) is 0 Å². The highest BCUT2D eigenvalue weighted by atomic mass is 32.2. The summed E-state index contributed by atoms with van der Waals surface area (Å²) in [4.78, 5) is 10.3. The molecule has 1 unspecified atom stereocenters. The standard InChI is InChI=1S/C8H15FO2S/c1-6(7(10)11)12-5-4-8(2,3)9/h6H,4-5H2,1-3H3,(H,10,11). The minimum Gasteiger partial charge on any atom is -0.480 e. The van der Waals surface area contributed by atoms with Crippen molar-refractivity contribution in [3.05, 3.63) is 0 Å². The lowest BCUT2D eigenvalue weighted by atomic mass is 10.1. The van der Waals surface area contributed by atoms with Crippen LogP contribution in [0.3, 0.4) is 0 Å². The van der Waals surface area contributed by atoms with Crippen molar-refractivity contribution in [3.63, 3.8) is 0 Å². The van der Waals surface area contributed by atoms with Gasteiger partial charge in [0.05, 0.1) is 5.25 Å². The number of halogens is 1. The molecule has 0 aromatic heterocycles. The van der Waals surface area contributed by atoms with E-state index in [-0.39, 0.29) is 0 Å². The summed E-state index contributed by atoms with van der Waals surface area (Å²) >= 11 is 1.27. The Hall–Kier alpha value is -0.250. The summed E-state index contributed by atoms with van der Waals surface area (Å²) in [6, 6.07) is 0. The molecule has 0 amide bonds. The van der Waals surface area contributed by atoms with Crippen LogP contribution in [0.5, 0.6) is 0 Å². The Morgan fingerprint density at radius 3 is 2.50 bits per heavy atom. The van der Waals surface area contributed by atoms with E-state index in [2.05, 4.69) is 0 Å². The van der Waals surface area contributed by atoms with Crippen LogP contribution >= 0.6 is 11.8 Å². The first-order chi connectivity index (χ1) is 5.33. The highest BCUT2D eigenvalue weighted by Gasteiger charge is 2.17. The summed E-state index contributed by atoms with van der Waals surface area (Å²) in [6.07, 6.45) is 0.398. The third kappa shape index (κ3) is 6.46. The van der Waals surface area contributed by atoms with E-state index in [1.807, 2.05) is 0 Å². The molecule has 0 aliphatic heterocycles. The smallest absolute Gasteiger partial charge is 0.316 e. The Morgan fingerprint density at radius 2 is 2.17 bits per heavy atom. The zero-order valence-electron chi connectivity index (χ0n) is 7.63. The second kappa shape index (κ2) is 4.70. The fraction of sp³-hybridized carbons (Fsp3) is 0.875. The number of hydrogen-bond acceptors (Lipinski definition) is 2. The molecule has 0 aliphatic rings. The quantitative estimate of drug-likeness (QED) is 0.729. The van der Waals surface area contributed by atoms with Crippen molar-refractivity contribution in [2.24, 2.45) is 0 Å². The van der Waals surface area contributed by atoms with Crippen LogP contribution in [0.4, 0.5) is 4.39 Å². The topological polar surface area (TPSA) is 37.3 Å². The molecule has 0 aromatic carbocycles. The predicted molar refractivity (Wildman–Crippen MR) is 49.4 cm³/mol. The third-order valence-corrected chi connectivity index (χ3v) is 2.55. The van der Waals surface area contributed by atoms with Crippen molar-refractivity contribution in [2.75, 3.05) is 5.75 Å². The minimum absolute atomic E-state index is 0.398. The maximum atomic E-state index is 12.9. The summed E-state index contributed by atoms with van der Waals surface area (Å²) in [5, 5.41) is 8.06. The Kier molecular flexibility index (Phi) is 4.60. The Morgan fingerprint density at radius 1 is 1.67 bits per heavy atom. The number of alkyl halides is 1. The second-order valence-corrected chi connectivity index (χ2v) is 4.77. The molecule has 1 atom stereocenters. The lowest BCUT2D eigenvalue weighted by Crippen LogP contribution is -2.16. The normalized spacial score (nSPS) is 14.3. The van der Waals surface area contributed by atoms with Gasteiger partial charge in [0, 0.05) is 0 Å². The van der Waals surface area contributed by atoms with Gasteiger partial charge in [-0.1, -0.05) is 0 Å². The summed E-state index contributed by atoms with van der Waals surface area (Å²) in [6.45, 7) is 4.61. The van der Waals surface area contributed by atoms with Gasteiger partial charge < -0.3 is 5.11 Å². The van der Waals surface area contributed by atoms with Crippen LogP contribution in [0, 0.1) is 0 Å². The van der Waals surface area contributed by atoms with Gasteiger partial charge in [-0.15, -0.1) is 11.8 Å². The molecule has 0 spiro atoms. The molecule has 0 heterocycles. The molecule has 0 bridgehead atoms. The Balaban J connectivity index is 3.51. The van der Waals surface area contributed by atoms with Crippen LogP contribution in [-0.4, -0.2) is 27.7 Å². The molecule has 0 aliphatic carbocycles. The van der Waals surface area contributed by atoms with Gasteiger partial charge >= 0.3 is 5.97 Å². The third-order valence-electron chi connectivity index (χ3n) is 1.41. The van der Waals surface area contributed by atoms with E-state index >= 15 is 0 Å². The number of aliphatic carboxylic acids is 1. The van der Waals surface area contributed by atoms with Crippen molar-refractivity contribution in [2.45, 2.75) is 38.1 Å². The first-order valence-electron chi connectivity index (χ1n) is 3.86. The molecule has 0 saturated carbocycles. The molecule has 2 nitrogen and oxygen atoms in total. The highest BCUT2D eigenvalue weighted by Crippen LogP contribution is 2.19. The van der Waals surface area contributed by atoms with Crippen molar-refractivity contribution in [3.8, 4) is 0 Å². The van der Waals surface area contributed by atoms with Gasteiger partial charge in [0.15, 0.2) is 0 Å². The second-order valence-electron chi connectivity index (χ2n) is 3.32. The number of thioether (sulfide) groups is 1. The fourth-order valence-electron chi connectivity index (χ4n) is 0.550. The molecule has 4 heteroatoms. The molecule has 1 N–H and O–H groups in total. The van der Waals surface area contributed by atoms with Crippen LogP contribution in [0.25, 0.3) is 0 Å². The van der Waals surface area contributed by atoms with Crippen LogP contribution in [-0.2, 0) is 4.79 Å². The van der Waals surface area contributed by atoms with Gasteiger partial charge in [-0.2, -0.15) is 0 Å². The summed E-state index contributed by atoms with van der Waals surface area (Å²) in [7, 11) is 0. The Labute approximate surface area is 76.5 Å². The largest absolute Gasteiger partial charge is 0.480 e. The van der Waals surface area contributed by atoms with E-state index in [1.165, 1.54) is 25.6 Å².